The minimum atomic E-state index is 0.836. The summed E-state index contributed by atoms with van der Waals surface area (Å²) in [5.41, 5.74) is 10.1. The van der Waals surface area contributed by atoms with Gasteiger partial charge in [-0.25, -0.2) is 0 Å². The highest BCUT2D eigenvalue weighted by atomic mass is 16.5. The number of hydrogen-bond acceptors (Lipinski definition) is 1. The molecule has 41 heavy (non-hydrogen) atoms. The first-order chi connectivity index (χ1) is 20.1. The van der Waals surface area contributed by atoms with Crippen LogP contribution in [0.15, 0.2) is 146 Å². The largest absolute Gasteiger partial charge is 0.457 e. The average molecular weight is 532 g/mol. The number of benzene rings is 6. The Balaban J connectivity index is 0.000000182. The fraction of sp³-hybridized carbons (Fsp3) is 0.0769. The predicted octanol–water partition coefficient (Wildman–Crippen LogP) is 10.9. The first-order valence-electron chi connectivity index (χ1n) is 14.0. The smallest absolute Gasteiger partial charge is 0.127 e. The van der Waals surface area contributed by atoms with Crippen LogP contribution in [0.3, 0.4) is 0 Å². The fourth-order valence-corrected chi connectivity index (χ4v) is 5.36. The van der Waals surface area contributed by atoms with Gasteiger partial charge in [0.15, 0.2) is 0 Å². The quantitative estimate of drug-likeness (QED) is 0.220. The van der Waals surface area contributed by atoms with E-state index in [1.54, 1.807) is 0 Å². The highest BCUT2D eigenvalue weighted by Crippen LogP contribution is 2.33. The molecule has 0 radical (unpaired) electrons. The second-order valence-corrected chi connectivity index (χ2v) is 10.4. The van der Waals surface area contributed by atoms with E-state index in [0.29, 0.717) is 0 Å². The van der Waals surface area contributed by atoms with E-state index in [-0.39, 0.29) is 0 Å². The summed E-state index contributed by atoms with van der Waals surface area (Å²) < 4.78 is 8.28. The van der Waals surface area contributed by atoms with Crippen molar-refractivity contribution in [2.75, 3.05) is 0 Å². The maximum atomic E-state index is 5.97. The van der Waals surface area contributed by atoms with Gasteiger partial charge in [0.25, 0.3) is 0 Å². The first-order valence-corrected chi connectivity index (χ1v) is 14.0. The number of rotatable bonds is 4. The van der Waals surface area contributed by atoms with Crippen LogP contribution in [-0.2, 0) is 0 Å². The minimum Gasteiger partial charge on any atom is -0.457 e. The molecule has 0 aliphatic rings. The van der Waals surface area contributed by atoms with Crippen LogP contribution in [0.1, 0.15) is 16.7 Å². The third-order valence-electron chi connectivity index (χ3n) is 7.51. The Morgan fingerprint density at radius 1 is 0.415 bits per heavy atom. The van der Waals surface area contributed by atoms with Crippen molar-refractivity contribution in [1.82, 2.24) is 4.57 Å². The molecule has 2 nitrogen and oxygen atoms in total. The van der Waals surface area contributed by atoms with E-state index in [2.05, 4.69) is 147 Å². The Morgan fingerprint density at radius 3 is 1.32 bits per heavy atom. The molecule has 2 heteroatoms. The molecule has 0 atom stereocenters. The molecule has 7 rings (SSSR count). The van der Waals surface area contributed by atoms with Crippen LogP contribution in [0.25, 0.3) is 38.6 Å². The van der Waals surface area contributed by atoms with Gasteiger partial charge in [-0.2, -0.15) is 0 Å². The second kappa shape index (κ2) is 11.6. The molecule has 0 aliphatic heterocycles. The third kappa shape index (κ3) is 5.50. The Labute approximate surface area is 242 Å². The molecule has 0 fully saturated rings. The molecule has 0 amide bonds. The summed E-state index contributed by atoms with van der Waals surface area (Å²) in [6.45, 7) is 6.38. The lowest BCUT2D eigenvalue weighted by Gasteiger charge is -2.10. The Bertz CT molecular complexity index is 1830. The van der Waals surface area contributed by atoms with Gasteiger partial charge >= 0.3 is 0 Å². The standard InChI is InChI=1S/C25H19NO.C14H14/c1-18-10-14-20(15-11-18)27-21-16-12-19(13-17-21)26-24-8-4-2-6-22(24)23-7-3-5-9-25(23)26;1-11-7-3-5-9-13(11)14-10-6-4-8-12(14)2/h2-17H,1H3;3-10H,1-2H3. The number of aryl methyl sites for hydroxylation is 3. The van der Waals surface area contributed by atoms with E-state index in [1.165, 1.54) is 49.6 Å². The van der Waals surface area contributed by atoms with E-state index in [0.717, 1.165) is 17.2 Å². The molecule has 0 aliphatic carbocycles. The van der Waals surface area contributed by atoms with Crippen molar-refractivity contribution in [3.05, 3.63) is 162 Å². The maximum absolute atomic E-state index is 5.97. The molecular weight excluding hydrogens is 498 g/mol. The van der Waals surface area contributed by atoms with Crippen molar-refractivity contribution in [1.29, 1.82) is 0 Å². The predicted molar refractivity (Wildman–Crippen MR) is 173 cm³/mol. The van der Waals surface area contributed by atoms with Crippen molar-refractivity contribution >= 4 is 21.8 Å². The summed E-state index contributed by atoms with van der Waals surface area (Å²) >= 11 is 0. The summed E-state index contributed by atoms with van der Waals surface area (Å²) in [5, 5.41) is 2.54. The molecule has 1 aromatic heterocycles. The van der Waals surface area contributed by atoms with Gasteiger partial charge in [0.2, 0.25) is 0 Å². The topological polar surface area (TPSA) is 14.2 Å². The third-order valence-corrected chi connectivity index (χ3v) is 7.51. The summed E-state index contributed by atoms with van der Waals surface area (Å²) in [7, 11) is 0. The zero-order chi connectivity index (χ0) is 28.2. The molecule has 0 unspecified atom stereocenters. The van der Waals surface area contributed by atoms with E-state index >= 15 is 0 Å². The number of ether oxygens (including phenoxy) is 1. The summed E-state index contributed by atoms with van der Waals surface area (Å²) in [4.78, 5) is 0. The van der Waals surface area contributed by atoms with Crippen molar-refractivity contribution in [3.63, 3.8) is 0 Å². The molecule has 6 aromatic carbocycles. The normalized spacial score (nSPS) is 10.8. The highest BCUT2D eigenvalue weighted by Gasteiger charge is 2.11. The molecule has 0 bridgehead atoms. The van der Waals surface area contributed by atoms with Crippen LogP contribution in [0.2, 0.25) is 0 Å². The van der Waals surface area contributed by atoms with Gasteiger partial charge in [0.05, 0.1) is 11.0 Å². The van der Waals surface area contributed by atoms with E-state index < -0.39 is 0 Å². The van der Waals surface area contributed by atoms with E-state index in [9.17, 15) is 0 Å². The number of nitrogens with zero attached hydrogens (tertiary/aromatic N) is 1. The first kappa shape index (κ1) is 26.2. The summed E-state index contributed by atoms with van der Waals surface area (Å²) in [5.74, 6) is 1.69. The molecule has 0 N–H and O–H groups in total. The summed E-state index contributed by atoms with van der Waals surface area (Å²) in [6.07, 6.45) is 0. The SMILES string of the molecule is Cc1ccc(Oc2ccc(-n3c4ccccc4c4ccccc43)cc2)cc1.Cc1ccccc1-c1ccccc1C. The zero-order valence-electron chi connectivity index (χ0n) is 23.7. The Hall–Kier alpha value is -5.08. The Morgan fingerprint density at radius 2 is 0.829 bits per heavy atom. The fourth-order valence-electron chi connectivity index (χ4n) is 5.36. The average Bonchev–Trinajstić information content (AvgIpc) is 3.34. The highest BCUT2D eigenvalue weighted by molar-refractivity contribution is 6.09. The van der Waals surface area contributed by atoms with Gasteiger partial charge in [-0.15, -0.1) is 0 Å². The van der Waals surface area contributed by atoms with Crippen LogP contribution in [-0.4, -0.2) is 4.57 Å². The Kier molecular flexibility index (Phi) is 7.38. The zero-order valence-corrected chi connectivity index (χ0v) is 23.7. The molecule has 200 valence electrons. The van der Waals surface area contributed by atoms with E-state index in [1.807, 2.05) is 24.3 Å². The van der Waals surface area contributed by atoms with Gasteiger partial charge in [-0.05, 0) is 91.6 Å². The number of aromatic nitrogens is 1. The van der Waals surface area contributed by atoms with Gasteiger partial charge in [-0.1, -0.05) is 103 Å². The molecule has 7 aromatic rings. The van der Waals surface area contributed by atoms with Crippen LogP contribution in [0, 0.1) is 20.8 Å². The van der Waals surface area contributed by atoms with Crippen molar-refractivity contribution in [2.24, 2.45) is 0 Å². The van der Waals surface area contributed by atoms with Crippen LogP contribution in [0.5, 0.6) is 11.5 Å². The van der Waals surface area contributed by atoms with Crippen LogP contribution in [0.4, 0.5) is 0 Å². The monoisotopic (exact) mass is 531 g/mol. The van der Waals surface area contributed by atoms with Crippen molar-refractivity contribution in [3.8, 4) is 28.3 Å². The molecular formula is C39H33NO. The second-order valence-electron chi connectivity index (χ2n) is 10.4. The molecule has 0 spiro atoms. The summed E-state index contributed by atoms with van der Waals surface area (Å²) in [6, 6.07) is 50.5. The minimum absolute atomic E-state index is 0.836. The maximum Gasteiger partial charge on any atom is 0.127 e. The lowest BCUT2D eigenvalue weighted by molar-refractivity contribution is 0.482. The van der Waals surface area contributed by atoms with Crippen LogP contribution >= 0.6 is 0 Å². The lowest BCUT2D eigenvalue weighted by atomic mass is 9.97. The van der Waals surface area contributed by atoms with Gasteiger partial charge in [0.1, 0.15) is 11.5 Å². The number of hydrogen-bond donors (Lipinski definition) is 0. The van der Waals surface area contributed by atoms with Gasteiger partial charge in [0, 0.05) is 16.5 Å². The molecule has 1 heterocycles. The van der Waals surface area contributed by atoms with E-state index in [4.69, 9.17) is 4.74 Å². The molecule has 0 saturated carbocycles. The molecule has 0 saturated heterocycles. The van der Waals surface area contributed by atoms with Crippen molar-refractivity contribution < 1.29 is 4.74 Å². The number of fused-ring (bicyclic) bond motifs is 3. The lowest BCUT2D eigenvalue weighted by Crippen LogP contribution is -1.93. The van der Waals surface area contributed by atoms with Gasteiger partial charge < -0.3 is 9.30 Å². The number of para-hydroxylation sites is 2. The van der Waals surface area contributed by atoms with Gasteiger partial charge in [-0.3, -0.25) is 0 Å². The van der Waals surface area contributed by atoms with Crippen LogP contribution < -0.4 is 4.74 Å². The van der Waals surface area contributed by atoms with Crippen molar-refractivity contribution in [2.45, 2.75) is 20.8 Å².